The molecule has 3 aromatic carbocycles. The molecule has 0 aliphatic rings. The van der Waals surface area contributed by atoms with Crippen LogP contribution < -0.4 is 20.2 Å². The molecule has 0 fully saturated rings. The third kappa shape index (κ3) is 7.51. The summed E-state index contributed by atoms with van der Waals surface area (Å²) in [5.41, 5.74) is 5.68. The molecule has 0 unspecified atom stereocenters. The Bertz CT molecular complexity index is 1360. The second-order valence-corrected chi connectivity index (χ2v) is 7.87. The van der Waals surface area contributed by atoms with Gasteiger partial charge in [0.05, 0.1) is 18.5 Å². The van der Waals surface area contributed by atoms with Crippen LogP contribution in [-0.2, 0) is 0 Å². The molecule has 0 amide bonds. The zero-order chi connectivity index (χ0) is 26.3. The molecule has 4 aromatic rings. The first-order chi connectivity index (χ1) is 17.8. The molecule has 0 saturated heterocycles. The predicted molar refractivity (Wildman–Crippen MR) is 138 cm³/mol. The Morgan fingerprint density at radius 1 is 1.00 bits per heavy atom. The highest BCUT2D eigenvalue weighted by atomic mass is 32.1. The highest BCUT2D eigenvalue weighted by molar-refractivity contribution is 7.80. The largest absolute Gasteiger partial charge is 0.573 e. The van der Waals surface area contributed by atoms with E-state index in [-0.39, 0.29) is 5.75 Å². The van der Waals surface area contributed by atoms with E-state index in [2.05, 4.69) is 30.7 Å². The van der Waals surface area contributed by atoms with Gasteiger partial charge in [0.25, 0.3) is 0 Å². The van der Waals surface area contributed by atoms with E-state index >= 15 is 0 Å². The van der Waals surface area contributed by atoms with Gasteiger partial charge in [-0.25, -0.2) is 9.67 Å². The van der Waals surface area contributed by atoms with Crippen LogP contribution in [-0.4, -0.2) is 39.1 Å². The maximum atomic E-state index is 12.3. The summed E-state index contributed by atoms with van der Waals surface area (Å²) in [7, 11) is 0. The summed E-state index contributed by atoms with van der Waals surface area (Å²) in [5, 5.41) is 11.9. The minimum Gasteiger partial charge on any atom is -0.494 e. The number of thiocarbonyl (C=S) groups is 1. The van der Waals surface area contributed by atoms with Crippen LogP contribution >= 0.6 is 12.2 Å². The molecule has 0 bridgehead atoms. The van der Waals surface area contributed by atoms with E-state index < -0.39 is 6.36 Å². The first-order valence-electron chi connectivity index (χ1n) is 11.0. The van der Waals surface area contributed by atoms with Crippen molar-refractivity contribution in [1.29, 1.82) is 0 Å². The topological polar surface area (TPSA) is 85.6 Å². The lowest BCUT2D eigenvalue weighted by atomic mass is 10.1. The van der Waals surface area contributed by atoms with Gasteiger partial charge in [-0.05, 0) is 73.2 Å². The molecular weight excluding hydrogens is 505 g/mol. The van der Waals surface area contributed by atoms with Crippen LogP contribution in [0.5, 0.6) is 11.5 Å². The van der Waals surface area contributed by atoms with Crippen molar-refractivity contribution in [3.8, 4) is 28.6 Å². The molecule has 0 spiro atoms. The number of aromatic nitrogens is 3. The third-order valence-corrected chi connectivity index (χ3v) is 4.99. The van der Waals surface area contributed by atoms with Crippen LogP contribution in [0.4, 0.5) is 18.9 Å². The van der Waals surface area contributed by atoms with Gasteiger partial charge in [-0.3, -0.25) is 5.43 Å². The van der Waals surface area contributed by atoms with Crippen LogP contribution in [0.2, 0.25) is 0 Å². The lowest BCUT2D eigenvalue weighted by Crippen LogP contribution is -2.23. The maximum absolute atomic E-state index is 12.3. The number of alkyl halides is 3. The summed E-state index contributed by atoms with van der Waals surface area (Å²) in [5.74, 6) is 0.929. The van der Waals surface area contributed by atoms with Gasteiger partial charge < -0.3 is 14.8 Å². The van der Waals surface area contributed by atoms with Crippen LogP contribution in [0.25, 0.3) is 17.1 Å². The van der Waals surface area contributed by atoms with Gasteiger partial charge in [0.1, 0.15) is 17.8 Å². The highest BCUT2D eigenvalue weighted by Gasteiger charge is 2.31. The van der Waals surface area contributed by atoms with Gasteiger partial charge >= 0.3 is 6.36 Å². The van der Waals surface area contributed by atoms with Gasteiger partial charge in [-0.1, -0.05) is 24.3 Å². The number of ether oxygens (including phenoxy) is 2. The Kier molecular flexibility index (Phi) is 7.98. The average molecular weight is 527 g/mol. The van der Waals surface area contributed by atoms with Gasteiger partial charge in [0, 0.05) is 11.3 Å². The molecule has 0 atom stereocenters. The molecule has 2 N–H and O–H groups in total. The van der Waals surface area contributed by atoms with Crippen molar-refractivity contribution in [2.75, 3.05) is 11.9 Å². The Labute approximate surface area is 215 Å². The van der Waals surface area contributed by atoms with E-state index in [9.17, 15) is 13.2 Å². The van der Waals surface area contributed by atoms with Crippen molar-refractivity contribution in [1.82, 2.24) is 20.2 Å². The molecule has 12 heteroatoms. The number of anilines is 1. The fourth-order valence-corrected chi connectivity index (χ4v) is 3.33. The quantitative estimate of drug-likeness (QED) is 0.177. The number of benzene rings is 3. The normalized spacial score (nSPS) is 11.4. The fraction of sp³-hybridized carbons (Fsp3) is 0.120. The van der Waals surface area contributed by atoms with E-state index in [0.717, 1.165) is 22.6 Å². The van der Waals surface area contributed by atoms with Gasteiger partial charge in [0.2, 0.25) is 0 Å². The predicted octanol–water partition coefficient (Wildman–Crippen LogP) is 5.55. The minimum absolute atomic E-state index is 0.309. The summed E-state index contributed by atoms with van der Waals surface area (Å²) in [6, 6.07) is 20.1. The second kappa shape index (κ2) is 11.5. The number of nitrogens with one attached hydrogen (secondary N) is 2. The molecule has 1 heterocycles. The number of nitrogens with zero attached hydrogens (tertiary/aromatic N) is 4. The van der Waals surface area contributed by atoms with E-state index in [1.165, 1.54) is 35.3 Å². The van der Waals surface area contributed by atoms with Crippen molar-refractivity contribution in [3.63, 3.8) is 0 Å². The number of halogens is 3. The molecule has 0 aliphatic heterocycles. The summed E-state index contributed by atoms with van der Waals surface area (Å²) in [6.07, 6.45) is -1.65. The fourth-order valence-electron chi connectivity index (χ4n) is 3.16. The molecule has 0 radical (unpaired) electrons. The van der Waals surface area contributed by atoms with Gasteiger partial charge in [-0.2, -0.15) is 5.10 Å². The highest BCUT2D eigenvalue weighted by Crippen LogP contribution is 2.24. The van der Waals surface area contributed by atoms with Crippen molar-refractivity contribution >= 4 is 29.2 Å². The zero-order valence-corrected chi connectivity index (χ0v) is 20.3. The smallest absolute Gasteiger partial charge is 0.494 e. The molecule has 1 aromatic heterocycles. The van der Waals surface area contributed by atoms with Gasteiger partial charge in [0.15, 0.2) is 10.9 Å². The third-order valence-electron chi connectivity index (χ3n) is 4.80. The molecule has 8 nitrogen and oxygen atoms in total. The first-order valence-corrected chi connectivity index (χ1v) is 11.4. The average Bonchev–Trinajstić information content (AvgIpc) is 3.36. The van der Waals surface area contributed by atoms with Crippen LogP contribution in [0.1, 0.15) is 12.5 Å². The molecule has 190 valence electrons. The number of hydrazone groups is 1. The van der Waals surface area contributed by atoms with Crippen molar-refractivity contribution < 1.29 is 22.6 Å². The van der Waals surface area contributed by atoms with Crippen molar-refractivity contribution in [3.05, 3.63) is 84.7 Å². The van der Waals surface area contributed by atoms with Crippen molar-refractivity contribution in [2.24, 2.45) is 5.10 Å². The SMILES string of the molecule is CCOc1ccc(NC(=S)N/N=C/c2ccc(-c3ncn(-c4ccc(OC(F)(F)F)cc4)n3)cc2)cc1. The summed E-state index contributed by atoms with van der Waals surface area (Å²) < 4.78 is 47.7. The van der Waals surface area contributed by atoms with E-state index in [1.54, 1.807) is 6.21 Å². The minimum atomic E-state index is -4.74. The second-order valence-electron chi connectivity index (χ2n) is 7.46. The van der Waals surface area contributed by atoms with Crippen molar-refractivity contribution in [2.45, 2.75) is 13.3 Å². The first kappa shape index (κ1) is 25.6. The monoisotopic (exact) mass is 526 g/mol. The zero-order valence-electron chi connectivity index (χ0n) is 19.4. The summed E-state index contributed by atoms with van der Waals surface area (Å²) >= 11 is 5.25. The standard InChI is InChI=1S/C25H21F3N6O2S/c1-2-35-21-11-7-19(8-12-21)31-24(37)32-30-15-17-3-5-18(6-4-17)23-29-16-34(33-23)20-9-13-22(14-10-20)36-25(26,27)28/h3-16H,2H2,1H3,(H2,31,32,37)/b30-15+. The van der Waals surface area contributed by atoms with E-state index in [1.807, 2.05) is 55.5 Å². The Hall–Kier alpha value is -4.45. The van der Waals surface area contributed by atoms with Crippen LogP contribution in [0.15, 0.2) is 84.2 Å². The molecule has 0 saturated carbocycles. The molecule has 4 rings (SSSR count). The molecule has 0 aliphatic carbocycles. The number of rotatable bonds is 8. The van der Waals surface area contributed by atoms with E-state index in [0.29, 0.717) is 23.2 Å². The van der Waals surface area contributed by atoms with Crippen LogP contribution in [0.3, 0.4) is 0 Å². The van der Waals surface area contributed by atoms with E-state index in [4.69, 9.17) is 17.0 Å². The molecule has 37 heavy (non-hydrogen) atoms. The lowest BCUT2D eigenvalue weighted by molar-refractivity contribution is -0.274. The maximum Gasteiger partial charge on any atom is 0.573 e. The summed E-state index contributed by atoms with van der Waals surface area (Å²) in [6.45, 7) is 2.52. The van der Waals surface area contributed by atoms with Crippen LogP contribution in [0, 0.1) is 0 Å². The Morgan fingerprint density at radius 3 is 2.32 bits per heavy atom. The molecular formula is C25H21F3N6O2S. The summed E-state index contributed by atoms with van der Waals surface area (Å²) in [4.78, 5) is 4.28. The van der Waals surface area contributed by atoms with Gasteiger partial charge in [-0.15, -0.1) is 18.3 Å². The number of hydrogen-bond acceptors (Lipinski definition) is 6. The lowest BCUT2D eigenvalue weighted by Gasteiger charge is -2.09. The Morgan fingerprint density at radius 2 is 1.68 bits per heavy atom. The number of hydrogen-bond donors (Lipinski definition) is 2. The Balaban J connectivity index is 1.31.